The molecule has 1 aliphatic heterocycles. The molecule has 1 aliphatic rings. The zero-order valence-electron chi connectivity index (χ0n) is 13.8. The summed E-state index contributed by atoms with van der Waals surface area (Å²) in [7, 11) is 0. The van der Waals surface area contributed by atoms with Crippen LogP contribution in [0.4, 0.5) is 5.69 Å². The van der Waals surface area contributed by atoms with Gasteiger partial charge in [-0.05, 0) is 42.3 Å². The van der Waals surface area contributed by atoms with Crippen molar-refractivity contribution in [1.82, 2.24) is 5.32 Å². The molecule has 0 unspecified atom stereocenters. The quantitative estimate of drug-likeness (QED) is 0.913. The maximum atomic E-state index is 12.4. The molecular formula is C19H18ClN3O2. The summed E-state index contributed by atoms with van der Waals surface area (Å²) < 4.78 is 0. The molecule has 0 aromatic heterocycles. The predicted octanol–water partition coefficient (Wildman–Crippen LogP) is 3.45. The van der Waals surface area contributed by atoms with Crippen LogP contribution in [-0.2, 0) is 16.1 Å². The van der Waals surface area contributed by atoms with Crippen molar-refractivity contribution >= 4 is 34.8 Å². The van der Waals surface area contributed by atoms with E-state index in [0.29, 0.717) is 29.4 Å². The number of carbonyl (C=O) groups is 2. The Bertz CT molecular complexity index is 831. The molecule has 3 rings (SSSR count). The maximum absolute atomic E-state index is 12.4. The molecule has 0 atom stereocenters. The Hall–Kier alpha value is -2.66. The van der Waals surface area contributed by atoms with Gasteiger partial charge < -0.3 is 5.32 Å². The van der Waals surface area contributed by atoms with Gasteiger partial charge in [0.25, 0.3) is 5.91 Å². The molecule has 5 nitrogen and oxygen atoms in total. The topological polar surface area (TPSA) is 61.8 Å². The molecule has 0 bridgehead atoms. The van der Waals surface area contributed by atoms with Gasteiger partial charge >= 0.3 is 0 Å². The third-order valence-corrected chi connectivity index (χ3v) is 4.16. The molecule has 25 heavy (non-hydrogen) atoms. The second-order valence-corrected chi connectivity index (χ2v) is 6.34. The number of rotatable bonds is 4. The van der Waals surface area contributed by atoms with Crippen molar-refractivity contribution in [3.8, 4) is 0 Å². The average Bonchev–Trinajstić information content (AvgIpc) is 2.61. The Morgan fingerprint density at radius 3 is 2.68 bits per heavy atom. The normalized spacial score (nSPS) is 14.2. The number of benzene rings is 2. The van der Waals surface area contributed by atoms with Gasteiger partial charge in [0.15, 0.2) is 0 Å². The van der Waals surface area contributed by atoms with Crippen LogP contribution < -0.4 is 10.3 Å². The Morgan fingerprint density at radius 1 is 1.20 bits per heavy atom. The van der Waals surface area contributed by atoms with Gasteiger partial charge in [-0.1, -0.05) is 35.9 Å². The first-order valence-electron chi connectivity index (χ1n) is 8.02. The van der Waals surface area contributed by atoms with Crippen molar-refractivity contribution in [3.05, 3.63) is 64.7 Å². The number of carbonyl (C=O) groups excluding carboxylic acids is 2. The van der Waals surface area contributed by atoms with Gasteiger partial charge in [-0.15, -0.1) is 0 Å². The summed E-state index contributed by atoms with van der Waals surface area (Å²) in [6, 6.07) is 14.8. The SMILES string of the molecule is Cc1cccc(N2N=C(C(=O)NCc3ccc(Cl)cc3)CCC2=O)c1. The van der Waals surface area contributed by atoms with Crippen molar-refractivity contribution in [2.75, 3.05) is 5.01 Å². The predicted molar refractivity (Wildman–Crippen MR) is 98.6 cm³/mol. The fourth-order valence-corrected chi connectivity index (χ4v) is 2.69. The number of amides is 2. The zero-order valence-corrected chi connectivity index (χ0v) is 14.6. The van der Waals surface area contributed by atoms with E-state index in [-0.39, 0.29) is 18.2 Å². The second-order valence-electron chi connectivity index (χ2n) is 5.90. The number of halogens is 1. The van der Waals surface area contributed by atoms with Gasteiger partial charge in [0.1, 0.15) is 5.71 Å². The minimum absolute atomic E-state index is 0.111. The molecule has 1 heterocycles. The van der Waals surface area contributed by atoms with Crippen LogP contribution in [0, 0.1) is 6.92 Å². The first-order valence-corrected chi connectivity index (χ1v) is 8.40. The molecule has 2 amide bonds. The fourth-order valence-electron chi connectivity index (χ4n) is 2.56. The van der Waals surface area contributed by atoms with E-state index in [1.165, 1.54) is 5.01 Å². The lowest BCUT2D eigenvalue weighted by Crippen LogP contribution is -2.38. The second kappa shape index (κ2) is 7.49. The molecule has 0 radical (unpaired) electrons. The first-order chi connectivity index (χ1) is 12.0. The minimum Gasteiger partial charge on any atom is -0.347 e. The number of nitrogens with one attached hydrogen (secondary N) is 1. The summed E-state index contributed by atoms with van der Waals surface area (Å²) in [6.45, 7) is 2.33. The van der Waals surface area contributed by atoms with E-state index < -0.39 is 0 Å². The Morgan fingerprint density at radius 2 is 1.96 bits per heavy atom. The number of anilines is 1. The average molecular weight is 356 g/mol. The lowest BCUT2D eigenvalue weighted by atomic mass is 10.1. The standard InChI is InChI=1S/C19H18ClN3O2/c1-13-3-2-4-16(11-13)23-18(24)10-9-17(22-23)19(25)21-12-14-5-7-15(20)8-6-14/h2-8,11H,9-10,12H2,1H3,(H,21,25). The number of hydrogen-bond donors (Lipinski definition) is 1. The van der Waals surface area contributed by atoms with E-state index in [1.807, 2.05) is 43.3 Å². The summed E-state index contributed by atoms with van der Waals surface area (Å²) in [5.74, 6) is -0.375. The van der Waals surface area contributed by atoms with Crippen molar-refractivity contribution in [2.24, 2.45) is 5.10 Å². The smallest absolute Gasteiger partial charge is 0.267 e. The van der Waals surface area contributed by atoms with E-state index in [4.69, 9.17) is 11.6 Å². The highest BCUT2D eigenvalue weighted by molar-refractivity contribution is 6.40. The van der Waals surface area contributed by atoms with Crippen LogP contribution in [0.3, 0.4) is 0 Å². The molecule has 0 fully saturated rings. The molecule has 6 heteroatoms. The Labute approximate surface area is 151 Å². The van der Waals surface area contributed by atoms with Crippen LogP contribution in [0.1, 0.15) is 24.0 Å². The number of aryl methyl sites for hydroxylation is 1. The van der Waals surface area contributed by atoms with E-state index in [1.54, 1.807) is 12.1 Å². The van der Waals surface area contributed by atoms with Gasteiger partial charge in [0.05, 0.1) is 5.69 Å². The molecule has 0 aliphatic carbocycles. The van der Waals surface area contributed by atoms with E-state index >= 15 is 0 Å². The summed E-state index contributed by atoms with van der Waals surface area (Å²) in [5.41, 5.74) is 3.00. The number of hydrazone groups is 1. The van der Waals surface area contributed by atoms with Gasteiger partial charge in [0, 0.05) is 24.4 Å². The molecule has 128 valence electrons. The van der Waals surface area contributed by atoms with E-state index in [0.717, 1.165) is 11.1 Å². The summed E-state index contributed by atoms with van der Waals surface area (Å²) in [5, 5.41) is 9.07. The summed E-state index contributed by atoms with van der Waals surface area (Å²) >= 11 is 5.85. The highest BCUT2D eigenvalue weighted by Crippen LogP contribution is 2.21. The highest BCUT2D eigenvalue weighted by atomic mass is 35.5. The largest absolute Gasteiger partial charge is 0.347 e. The molecule has 2 aromatic carbocycles. The van der Waals surface area contributed by atoms with E-state index in [2.05, 4.69) is 10.4 Å². The molecule has 0 saturated carbocycles. The Kier molecular flexibility index (Phi) is 5.14. The van der Waals surface area contributed by atoms with Gasteiger partial charge in [-0.3, -0.25) is 9.59 Å². The van der Waals surface area contributed by atoms with Gasteiger partial charge in [0.2, 0.25) is 5.91 Å². The molecule has 0 saturated heterocycles. The Balaban J connectivity index is 1.72. The summed E-state index contributed by atoms with van der Waals surface area (Å²) in [6.07, 6.45) is 0.606. The summed E-state index contributed by atoms with van der Waals surface area (Å²) in [4.78, 5) is 24.5. The third-order valence-electron chi connectivity index (χ3n) is 3.91. The lowest BCUT2D eigenvalue weighted by Gasteiger charge is -2.23. The van der Waals surface area contributed by atoms with Crippen LogP contribution in [0.5, 0.6) is 0 Å². The van der Waals surface area contributed by atoms with Crippen molar-refractivity contribution < 1.29 is 9.59 Å². The third kappa shape index (κ3) is 4.25. The van der Waals surface area contributed by atoms with Crippen molar-refractivity contribution in [3.63, 3.8) is 0 Å². The van der Waals surface area contributed by atoms with Crippen molar-refractivity contribution in [2.45, 2.75) is 26.3 Å². The molecule has 1 N–H and O–H groups in total. The van der Waals surface area contributed by atoms with Crippen LogP contribution in [-0.4, -0.2) is 17.5 Å². The van der Waals surface area contributed by atoms with Gasteiger partial charge in [-0.2, -0.15) is 5.10 Å². The van der Waals surface area contributed by atoms with Crippen molar-refractivity contribution in [1.29, 1.82) is 0 Å². The maximum Gasteiger partial charge on any atom is 0.267 e. The zero-order chi connectivity index (χ0) is 17.8. The van der Waals surface area contributed by atoms with Gasteiger partial charge in [-0.25, -0.2) is 5.01 Å². The molecule has 0 spiro atoms. The van der Waals surface area contributed by atoms with Crippen LogP contribution >= 0.6 is 11.6 Å². The van der Waals surface area contributed by atoms with Crippen LogP contribution in [0.15, 0.2) is 53.6 Å². The van der Waals surface area contributed by atoms with Crippen LogP contribution in [0.25, 0.3) is 0 Å². The lowest BCUT2D eigenvalue weighted by molar-refractivity contribution is -0.119. The molecule has 2 aromatic rings. The fraction of sp³-hybridized carbons (Fsp3) is 0.211. The number of nitrogens with zero attached hydrogens (tertiary/aromatic N) is 2. The van der Waals surface area contributed by atoms with E-state index in [9.17, 15) is 9.59 Å². The number of hydrogen-bond acceptors (Lipinski definition) is 3. The minimum atomic E-state index is -0.264. The highest BCUT2D eigenvalue weighted by Gasteiger charge is 2.25. The van der Waals surface area contributed by atoms with Crippen LogP contribution in [0.2, 0.25) is 5.02 Å². The monoisotopic (exact) mass is 355 g/mol. The first kappa shape index (κ1) is 17.2. The molecular weight excluding hydrogens is 338 g/mol.